The summed E-state index contributed by atoms with van der Waals surface area (Å²) >= 11 is 0. The van der Waals surface area contributed by atoms with Gasteiger partial charge in [-0.1, -0.05) is 0 Å². The maximum atomic E-state index is 5.59. The predicted octanol–water partition coefficient (Wildman–Crippen LogP) is 3.54. The van der Waals surface area contributed by atoms with Gasteiger partial charge in [-0.25, -0.2) is 15.0 Å². The monoisotopic (exact) mass is 286 g/mol. The SMILES string of the molecule is COC(CCCCn1ccnc1)CCCS(C)(C)C. The van der Waals surface area contributed by atoms with Gasteiger partial charge in [-0.05, 0) is 56.6 Å². The lowest BCUT2D eigenvalue weighted by Gasteiger charge is -2.26. The average Bonchev–Trinajstić information content (AvgIpc) is 2.83. The Morgan fingerprint density at radius 2 is 1.89 bits per heavy atom. The van der Waals surface area contributed by atoms with Crippen LogP contribution in [0.5, 0.6) is 0 Å². The van der Waals surface area contributed by atoms with E-state index in [4.69, 9.17) is 4.74 Å². The summed E-state index contributed by atoms with van der Waals surface area (Å²) in [6.45, 7) is 1.07. The zero-order valence-corrected chi connectivity index (χ0v) is 13.8. The van der Waals surface area contributed by atoms with Gasteiger partial charge in [-0.2, -0.15) is 0 Å². The van der Waals surface area contributed by atoms with E-state index in [2.05, 4.69) is 28.3 Å². The van der Waals surface area contributed by atoms with Crippen LogP contribution in [0.3, 0.4) is 0 Å². The number of methoxy groups -OCH3 is 1. The van der Waals surface area contributed by atoms with Gasteiger partial charge in [0, 0.05) is 26.0 Å². The molecule has 4 heteroatoms. The number of hydrogen-bond acceptors (Lipinski definition) is 2. The van der Waals surface area contributed by atoms with Gasteiger partial charge in [0.25, 0.3) is 0 Å². The normalized spacial score (nSPS) is 14.5. The van der Waals surface area contributed by atoms with Crippen LogP contribution in [0, 0.1) is 0 Å². The van der Waals surface area contributed by atoms with Gasteiger partial charge in [-0.15, -0.1) is 0 Å². The van der Waals surface area contributed by atoms with Crippen LogP contribution in [0.2, 0.25) is 0 Å². The number of ether oxygens (including phenoxy) is 1. The van der Waals surface area contributed by atoms with E-state index in [1.807, 2.05) is 25.8 Å². The minimum absolute atomic E-state index is 0.349. The van der Waals surface area contributed by atoms with Crippen molar-refractivity contribution in [2.75, 3.05) is 31.6 Å². The lowest BCUT2D eigenvalue weighted by Crippen LogP contribution is -2.12. The van der Waals surface area contributed by atoms with Gasteiger partial charge >= 0.3 is 0 Å². The molecule has 3 nitrogen and oxygen atoms in total. The fourth-order valence-electron chi connectivity index (χ4n) is 2.21. The average molecular weight is 286 g/mol. The van der Waals surface area contributed by atoms with Crippen molar-refractivity contribution in [1.82, 2.24) is 9.55 Å². The molecule has 0 bridgehead atoms. The second-order valence-electron chi connectivity index (χ2n) is 6.09. The van der Waals surface area contributed by atoms with E-state index in [1.165, 1.54) is 37.9 Å². The van der Waals surface area contributed by atoms with Gasteiger partial charge in [0.15, 0.2) is 0 Å². The molecule has 0 N–H and O–H groups in total. The summed E-state index contributed by atoms with van der Waals surface area (Å²) in [6, 6.07) is 0. The number of unbranched alkanes of at least 4 members (excludes halogenated alkanes) is 1. The molecule has 112 valence electrons. The summed E-state index contributed by atoms with van der Waals surface area (Å²) in [5.74, 6) is 1.36. The van der Waals surface area contributed by atoms with Crippen molar-refractivity contribution < 1.29 is 4.74 Å². The van der Waals surface area contributed by atoms with Gasteiger partial charge in [0.2, 0.25) is 0 Å². The van der Waals surface area contributed by atoms with E-state index in [0.717, 1.165) is 6.54 Å². The molecule has 1 aromatic rings. The van der Waals surface area contributed by atoms with Crippen LogP contribution >= 0.6 is 10.0 Å². The number of aromatic nitrogens is 2. The first-order valence-electron chi connectivity index (χ1n) is 7.16. The van der Waals surface area contributed by atoms with Crippen LogP contribution < -0.4 is 0 Å². The van der Waals surface area contributed by atoms with Gasteiger partial charge in [0.05, 0.1) is 12.4 Å². The zero-order valence-electron chi connectivity index (χ0n) is 13.0. The molecular formula is C15H30N2OS. The summed E-state index contributed by atoms with van der Waals surface area (Å²) in [5.41, 5.74) is 0. The molecule has 0 saturated carbocycles. The number of rotatable bonds is 10. The zero-order chi connectivity index (χ0) is 14.1. The van der Waals surface area contributed by atoms with E-state index in [0.29, 0.717) is 6.10 Å². The Labute approximate surface area is 120 Å². The van der Waals surface area contributed by atoms with E-state index >= 15 is 0 Å². The molecule has 1 rings (SSSR count). The standard InChI is InChI=1S/C15H30N2OS/c1-18-15(9-7-13-19(2,3)4)8-5-6-11-17-12-10-16-14-17/h10,12,14-15H,5-9,11,13H2,1-4H3. The molecule has 19 heavy (non-hydrogen) atoms. The summed E-state index contributed by atoms with van der Waals surface area (Å²) < 4.78 is 7.74. The van der Waals surface area contributed by atoms with E-state index < -0.39 is 0 Å². The second-order valence-corrected chi connectivity index (χ2v) is 10.7. The largest absolute Gasteiger partial charge is 0.381 e. The Hall–Kier alpha value is -0.480. The highest BCUT2D eigenvalue weighted by molar-refractivity contribution is 8.32. The van der Waals surface area contributed by atoms with Crippen LogP contribution in [0.25, 0.3) is 0 Å². The molecule has 0 spiro atoms. The number of aryl methyl sites for hydroxylation is 1. The third-order valence-electron chi connectivity index (χ3n) is 3.37. The van der Waals surface area contributed by atoms with Crippen LogP contribution in [0.1, 0.15) is 32.1 Å². The van der Waals surface area contributed by atoms with E-state index in [9.17, 15) is 0 Å². The Balaban J connectivity index is 2.08. The topological polar surface area (TPSA) is 27.1 Å². The first-order chi connectivity index (χ1) is 9.01. The first-order valence-corrected chi connectivity index (χ1v) is 10.2. The molecule has 0 amide bonds. The minimum Gasteiger partial charge on any atom is -0.381 e. The van der Waals surface area contributed by atoms with Gasteiger partial charge in [0.1, 0.15) is 0 Å². The Morgan fingerprint density at radius 3 is 2.47 bits per heavy atom. The molecule has 0 aliphatic heterocycles. The molecule has 0 saturated heterocycles. The summed E-state index contributed by atoms with van der Waals surface area (Å²) in [7, 11) is 1.50. The highest BCUT2D eigenvalue weighted by atomic mass is 32.3. The highest BCUT2D eigenvalue weighted by Gasteiger charge is 2.09. The van der Waals surface area contributed by atoms with Crippen molar-refractivity contribution in [2.24, 2.45) is 0 Å². The number of nitrogens with zero attached hydrogens (tertiary/aromatic N) is 2. The molecule has 0 radical (unpaired) electrons. The Morgan fingerprint density at radius 1 is 1.16 bits per heavy atom. The molecule has 0 aliphatic rings. The molecule has 1 atom stereocenters. The maximum absolute atomic E-state index is 5.59. The molecule has 0 fully saturated rings. The number of hydrogen-bond donors (Lipinski definition) is 0. The van der Waals surface area contributed by atoms with Crippen molar-refractivity contribution in [2.45, 2.75) is 44.8 Å². The third-order valence-corrected chi connectivity index (χ3v) is 4.88. The van der Waals surface area contributed by atoms with Crippen molar-refractivity contribution in [1.29, 1.82) is 0 Å². The molecule has 0 aliphatic carbocycles. The van der Waals surface area contributed by atoms with Crippen molar-refractivity contribution in [3.8, 4) is 0 Å². The third kappa shape index (κ3) is 8.32. The first kappa shape index (κ1) is 16.6. The van der Waals surface area contributed by atoms with E-state index in [-0.39, 0.29) is 10.0 Å². The Kier molecular flexibility index (Phi) is 7.54. The van der Waals surface area contributed by atoms with Crippen LogP contribution in [-0.2, 0) is 11.3 Å². The maximum Gasteiger partial charge on any atom is 0.0945 e. The molecular weight excluding hydrogens is 256 g/mol. The highest BCUT2D eigenvalue weighted by Crippen LogP contribution is 2.35. The van der Waals surface area contributed by atoms with E-state index in [1.54, 1.807) is 0 Å². The summed E-state index contributed by atoms with van der Waals surface area (Å²) in [6.07, 6.45) is 19.5. The predicted molar refractivity (Wildman–Crippen MR) is 86.3 cm³/mol. The minimum atomic E-state index is -0.349. The fraction of sp³-hybridized carbons (Fsp3) is 0.800. The van der Waals surface area contributed by atoms with Crippen LogP contribution in [-0.4, -0.2) is 47.3 Å². The lowest BCUT2D eigenvalue weighted by molar-refractivity contribution is 0.0850. The van der Waals surface area contributed by atoms with Crippen LogP contribution in [0.15, 0.2) is 18.7 Å². The lowest BCUT2D eigenvalue weighted by atomic mass is 10.1. The van der Waals surface area contributed by atoms with Crippen molar-refractivity contribution in [3.63, 3.8) is 0 Å². The van der Waals surface area contributed by atoms with Crippen molar-refractivity contribution >= 4 is 10.0 Å². The second kappa shape index (κ2) is 8.64. The molecule has 1 heterocycles. The van der Waals surface area contributed by atoms with Crippen LogP contribution in [0.4, 0.5) is 0 Å². The quantitative estimate of drug-likeness (QED) is 0.615. The Bertz CT molecular complexity index is 319. The molecule has 1 unspecified atom stereocenters. The molecule has 0 aromatic carbocycles. The summed E-state index contributed by atoms with van der Waals surface area (Å²) in [5, 5.41) is 0. The van der Waals surface area contributed by atoms with Crippen molar-refractivity contribution in [3.05, 3.63) is 18.7 Å². The fourth-order valence-corrected chi connectivity index (χ4v) is 3.24. The van der Waals surface area contributed by atoms with Gasteiger partial charge in [-0.3, -0.25) is 0 Å². The smallest absolute Gasteiger partial charge is 0.0945 e. The number of imidazole rings is 1. The van der Waals surface area contributed by atoms with Gasteiger partial charge < -0.3 is 9.30 Å². The molecule has 1 aromatic heterocycles. The summed E-state index contributed by atoms with van der Waals surface area (Å²) in [4.78, 5) is 4.06.